The largest absolute Gasteiger partial charge is 0.394 e. The highest BCUT2D eigenvalue weighted by Gasteiger charge is 2.51. The van der Waals surface area contributed by atoms with Gasteiger partial charge in [0.2, 0.25) is 0 Å². The molecule has 1 saturated carbocycles. The molecule has 3 rings (SSSR count). The molecule has 2 saturated heterocycles. The van der Waals surface area contributed by atoms with Crippen molar-refractivity contribution in [1.82, 2.24) is 0 Å². The lowest BCUT2D eigenvalue weighted by Crippen LogP contribution is -2.64. The molecule has 3 fully saturated rings. The molecular formula is C18H32O11. The normalized spacial score (nSPS) is 47.3. The van der Waals surface area contributed by atoms with E-state index in [9.17, 15) is 35.7 Å². The van der Waals surface area contributed by atoms with Crippen LogP contribution in [0.5, 0.6) is 0 Å². The summed E-state index contributed by atoms with van der Waals surface area (Å²) in [5.74, 6) is 0. The lowest BCUT2D eigenvalue weighted by Gasteiger charge is -2.46. The lowest BCUT2D eigenvalue weighted by molar-refractivity contribution is -0.363. The van der Waals surface area contributed by atoms with Gasteiger partial charge >= 0.3 is 0 Å². The molecule has 10 atom stereocenters. The fourth-order valence-electron chi connectivity index (χ4n) is 4.06. The van der Waals surface area contributed by atoms with Gasteiger partial charge in [0.25, 0.3) is 0 Å². The van der Waals surface area contributed by atoms with Crippen LogP contribution in [0.3, 0.4) is 0 Å². The minimum absolute atomic E-state index is 0.113. The van der Waals surface area contributed by atoms with Crippen molar-refractivity contribution in [1.29, 1.82) is 0 Å². The molecule has 0 aromatic rings. The average Bonchev–Trinajstić information content (AvgIpc) is 2.74. The van der Waals surface area contributed by atoms with Gasteiger partial charge in [-0.15, -0.1) is 0 Å². The fourth-order valence-corrected chi connectivity index (χ4v) is 4.06. The average molecular weight is 424 g/mol. The smallest absolute Gasteiger partial charge is 0.187 e. The first-order valence-corrected chi connectivity index (χ1v) is 10.1. The predicted molar refractivity (Wildman–Crippen MR) is 94.4 cm³/mol. The van der Waals surface area contributed by atoms with E-state index in [1.54, 1.807) is 0 Å². The Bertz CT molecular complexity index is 498. The number of hydrogen-bond donors (Lipinski definition) is 7. The summed E-state index contributed by atoms with van der Waals surface area (Å²) < 4.78 is 22.2. The van der Waals surface area contributed by atoms with E-state index in [-0.39, 0.29) is 6.10 Å². The summed E-state index contributed by atoms with van der Waals surface area (Å²) in [7, 11) is 0. The zero-order valence-electron chi connectivity index (χ0n) is 16.1. The first-order chi connectivity index (χ1) is 13.9. The van der Waals surface area contributed by atoms with Crippen molar-refractivity contribution >= 4 is 0 Å². The number of aliphatic hydroxyl groups excluding tert-OH is 7. The van der Waals surface area contributed by atoms with Crippen LogP contribution in [0.25, 0.3) is 0 Å². The summed E-state index contributed by atoms with van der Waals surface area (Å²) in [4.78, 5) is 0. The Labute approximate surface area is 168 Å². The molecule has 11 nitrogen and oxygen atoms in total. The Kier molecular flexibility index (Phi) is 8.21. The van der Waals surface area contributed by atoms with Crippen LogP contribution in [0.1, 0.15) is 32.1 Å². The van der Waals surface area contributed by atoms with Crippen molar-refractivity contribution in [2.45, 2.75) is 99.6 Å². The van der Waals surface area contributed by atoms with Crippen molar-refractivity contribution in [3.63, 3.8) is 0 Å². The topological polar surface area (TPSA) is 179 Å². The van der Waals surface area contributed by atoms with Gasteiger partial charge in [-0.3, -0.25) is 0 Å². The molecular weight excluding hydrogens is 392 g/mol. The van der Waals surface area contributed by atoms with E-state index in [1.165, 1.54) is 0 Å². The summed E-state index contributed by atoms with van der Waals surface area (Å²) in [5, 5.41) is 69.8. The monoisotopic (exact) mass is 424 g/mol. The van der Waals surface area contributed by atoms with Gasteiger partial charge in [-0.05, 0) is 12.8 Å². The maximum atomic E-state index is 10.6. The number of aliphatic hydroxyl groups is 7. The van der Waals surface area contributed by atoms with Crippen LogP contribution in [0.15, 0.2) is 0 Å². The second-order valence-electron chi connectivity index (χ2n) is 7.90. The van der Waals surface area contributed by atoms with Gasteiger partial charge in [0, 0.05) is 0 Å². The van der Waals surface area contributed by atoms with Gasteiger partial charge in [-0.1, -0.05) is 19.3 Å². The molecule has 29 heavy (non-hydrogen) atoms. The summed E-state index contributed by atoms with van der Waals surface area (Å²) in [6.45, 7) is -1.21. The third-order valence-corrected chi connectivity index (χ3v) is 5.84. The molecule has 0 aromatic carbocycles. The molecule has 2 heterocycles. The molecule has 0 unspecified atom stereocenters. The third-order valence-electron chi connectivity index (χ3n) is 5.84. The first kappa shape index (κ1) is 23.2. The Morgan fingerprint density at radius 2 is 1.17 bits per heavy atom. The van der Waals surface area contributed by atoms with Crippen LogP contribution in [0.2, 0.25) is 0 Å². The number of hydrogen-bond acceptors (Lipinski definition) is 11. The maximum Gasteiger partial charge on any atom is 0.187 e. The van der Waals surface area contributed by atoms with Crippen molar-refractivity contribution in [2.75, 3.05) is 13.2 Å². The molecule has 3 aliphatic rings. The van der Waals surface area contributed by atoms with Crippen LogP contribution in [0.4, 0.5) is 0 Å². The van der Waals surface area contributed by atoms with E-state index < -0.39 is 74.6 Å². The van der Waals surface area contributed by atoms with Gasteiger partial charge in [0.05, 0.1) is 19.3 Å². The van der Waals surface area contributed by atoms with E-state index in [0.717, 1.165) is 32.1 Å². The van der Waals surface area contributed by atoms with Crippen molar-refractivity contribution < 1.29 is 54.7 Å². The zero-order valence-corrected chi connectivity index (χ0v) is 16.1. The molecule has 1 aliphatic carbocycles. The van der Waals surface area contributed by atoms with Crippen molar-refractivity contribution in [3.8, 4) is 0 Å². The Balaban J connectivity index is 1.66. The highest BCUT2D eigenvalue weighted by Crippen LogP contribution is 2.31. The molecule has 170 valence electrons. The van der Waals surface area contributed by atoms with Gasteiger partial charge in [-0.25, -0.2) is 0 Å². The Morgan fingerprint density at radius 3 is 1.79 bits per heavy atom. The van der Waals surface area contributed by atoms with E-state index in [4.69, 9.17) is 18.9 Å². The van der Waals surface area contributed by atoms with Crippen molar-refractivity contribution in [2.24, 2.45) is 0 Å². The minimum atomic E-state index is -1.69. The predicted octanol–water partition coefficient (Wildman–Crippen LogP) is -3.04. The molecule has 7 N–H and O–H groups in total. The van der Waals surface area contributed by atoms with E-state index in [1.807, 2.05) is 0 Å². The zero-order chi connectivity index (χ0) is 21.1. The van der Waals surface area contributed by atoms with Gasteiger partial charge in [0.15, 0.2) is 12.6 Å². The Morgan fingerprint density at radius 1 is 0.621 bits per heavy atom. The van der Waals surface area contributed by atoms with E-state index >= 15 is 0 Å². The lowest BCUT2D eigenvalue weighted by atomic mass is 9.96. The minimum Gasteiger partial charge on any atom is -0.394 e. The second-order valence-corrected chi connectivity index (χ2v) is 7.90. The van der Waals surface area contributed by atoms with E-state index in [0.29, 0.717) is 0 Å². The number of rotatable bonds is 6. The van der Waals surface area contributed by atoms with Crippen LogP contribution in [0, 0.1) is 0 Å². The third kappa shape index (κ3) is 5.08. The van der Waals surface area contributed by atoms with Crippen LogP contribution < -0.4 is 0 Å². The molecule has 0 bridgehead atoms. The Hall–Kier alpha value is -0.440. The summed E-state index contributed by atoms with van der Waals surface area (Å²) in [5.41, 5.74) is 0. The van der Waals surface area contributed by atoms with Gasteiger partial charge in [-0.2, -0.15) is 0 Å². The summed E-state index contributed by atoms with van der Waals surface area (Å²) >= 11 is 0. The van der Waals surface area contributed by atoms with E-state index in [2.05, 4.69) is 0 Å². The fraction of sp³-hybridized carbons (Fsp3) is 1.00. The summed E-state index contributed by atoms with van der Waals surface area (Å²) in [6.07, 6.45) is -9.59. The van der Waals surface area contributed by atoms with Crippen LogP contribution >= 0.6 is 0 Å². The molecule has 0 radical (unpaired) electrons. The standard InChI is InChI=1S/C18H32O11/c19-6-9-11(21)12(22)14(24)18(27-9)29-16-10(7-20)28-17(15(25)13(16)23)26-8-4-2-1-3-5-8/h8-25H,1-7H2/t9-,10-,11+,12+,13-,14-,15-,16+,17-,18-/m1/s1. The van der Waals surface area contributed by atoms with Crippen LogP contribution in [-0.4, -0.2) is 116 Å². The second kappa shape index (κ2) is 10.2. The molecule has 0 aromatic heterocycles. The SMILES string of the molecule is OC[C@H]1O[C@H](O[C@@H]2[C@H](O)[C@@H](O)[C@H](OC3CCCCC3)O[C@@H]2CO)[C@H](O)[C@@H](O)[C@H]1O. The highest BCUT2D eigenvalue weighted by molar-refractivity contribution is 4.94. The van der Waals surface area contributed by atoms with Crippen molar-refractivity contribution in [3.05, 3.63) is 0 Å². The maximum absolute atomic E-state index is 10.6. The molecule has 0 spiro atoms. The van der Waals surface area contributed by atoms with Crippen LogP contribution in [-0.2, 0) is 18.9 Å². The summed E-state index contributed by atoms with van der Waals surface area (Å²) in [6, 6.07) is 0. The molecule has 0 amide bonds. The quantitative estimate of drug-likeness (QED) is 0.230. The van der Waals surface area contributed by atoms with Gasteiger partial charge in [0.1, 0.15) is 48.8 Å². The highest BCUT2D eigenvalue weighted by atomic mass is 16.7. The molecule has 2 aliphatic heterocycles. The first-order valence-electron chi connectivity index (χ1n) is 10.1. The van der Waals surface area contributed by atoms with Gasteiger partial charge < -0.3 is 54.7 Å². The molecule has 11 heteroatoms. The number of ether oxygens (including phenoxy) is 4.